The molecular formula is C12H10Cl4N2O2S. The van der Waals surface area contributed by atoms with Gasteiger partial charge in [-0.2, -0.15) is 5.10 Å². The Balaban J connectivity index is 2.71. The van der Waals surface area contributed by atoms with Crippen LogP contribution in [-0.4, -0.2) is 18.2 Å². The molecule has 0 saturated carbocycles. The van der Waals surface area contributed by atoms with E-state index in [4.69, 9.17) is 45.5 Å². The van der Waals surface area contributed by atoms with Crippen LogP contribution in [0.3, 0.4) is 0 Å². The highest BCUT2D eigenvalue weighted by atomic mass is 35.7. The minimum atomic E-state index is -4.01. The molecule has 114 valence electrons. The Bertz CT molecular complexity index is 787. The molecular weight excluding hydrogens is 378 g/mol. The first-order valence-corrected chi connectivity index (χ1v) is 9.37. The molecule has 0 bridgehead atoms. The van der Waals surface area contributed by atoms with Gasteiger partial charge in [0, 0.05) is 15.7 Å². The zero-order valence-corrected chi connectivity index (χ0v) is 14.6. The van der Waals surface area contributed by atoms with Gasteiger partial charge in [0.2, 0.25) is 0 Å². The molecule has 0 N–H and O–H groups in total. The molecule has 0 aliphatic heterocycles. The van der Waals surface area contributed by atoms with Crippen molar-refractivity contribution in [2.45, 2.75) is 24.7 Å². The van der Waals surface area contributed by atoms with Crippen LogP contribution in [0.25, 0.3) is 5.69 Å². The van der Waals surface area contributed by atoms with Gasteiger partial charge in [0.25, 0.3) is 9.05 Å². The summed E-state index contributed by atoms with van der Waals surface area (Å²) in [5.74, 6) is 0. The van der Waals surface area contributed by atoms with E-state index in [9.17, 15) is 8.42 Å². The molecule has 21 heavy (non-hydrogen) atoms. The van der Waals surface area contributed by atoms with E-state index in [0.29, 0.717) is 34.3 Å². The monoisotopic (exact) mass is 386 g/mol. The van der Waals surface area contributed by atoms with Crippen LogP contribution in [0.2, 0.25) is 15.2 Å². The summed E-state index contributed by atoms with van der Waals surface area (Å²) in [5.41, 5.74) is 0.735. The molecule has 0 fully saturated rings. The highest BCUT2D eigenvalue weighted by Gasteiger charge is 2.27. The third kappa shape index (κ3) is 3.48. The maximum absolute atomic E-state index is 11.7. The Morgan fingerprint density at radius 3 is 2.43 bits per heavy atom. The molecule has 1 heterocycles. The van der Waals surface area contributed by atoms with Crippen molar-refractivity contribution in [1.29, 1.82) is 0 Å². The predicted octanol–water partition coefficient (Wildman–Crippen LogP) is 4.71. The second-order valence-corrected chi connectivity index (χ2v) is 7.97. The van der Waals surface area contributed by atoms with E-state index >= 15 is 0 Å². The lowest BCUT2D eigenvalue weighted by Gasteiger charge is -2.06. The van der Waals surface area contributed by atoms with Crippen molar-refractivity contribution in [2.75, 3.05) is 0 Å². The zero-order chi connectivity index (χ0) is 15.8. The fraction of sp³-hybridized carbons (Fsp3) is 0.250. The smallest absolute Gasteiger partial charge is 0.219 e. The first-order valence-electron chi connectivity index (χ1n) is 5.93. The van der Waals surface area contributed by atoms with E-state index in [1.165, 1.54) is 10.7 Å². The van der Waals surface area contributed by atoms with Gasteiger partial charge in [0.05, 0.1) is 16.4 Å². The molecule has 2 aromatic rings. The fourth-order valence-electron chi connectivity index (χ4n) is 1.88. The van der Waals surface area contributed by atoms with Crippen molar-refractivity contribution in [3.05, 3.63) is 39.1 Å². The van der Waals surface area contributed by atoms with E-state index in [2.05, 4.69) is 5.10 Å². The molecule has 4 nitrogen and oxygen atoms in total. The van der Waals surface area contributed by atoms with Gasteiger partial charge < -0.3 is 0 Å². The van der Waals surface area contributed by atoms with Gasteiger partial charge in [0.15, 0.2) is 5.15 Å². The molecule has 1 aromatic heterocycles. The number of halogens is 4. The van der Waals surface area contributed by atoms with Gasteiger partial charge in [-0.05, 0) is 24.6 Å². The van der Waals surface area contributed by atoms with Crippen LogP contribution in [0, 0.1) is 0 Å². The van der Waals surface area contributed by atoms with Crippen molar-refractivity contribution in [3.63, 3.8) is 0 Å². The number of rotatable bonds is 4. The topological polar surface area (TPSA) is 52.0 Å². The maximum Gasteiger partial charge on any atom is 0.266 e. The normalized spacial score (nSPS) is 11.9. The molecule has 2 rings (SSSR count). The number of aromatic nitrogens is 2. The third-order valence-electron chi connectivity index (χ3n) is 2.72. The van der Waals surface area contributed by atoms with E-state index in [1.54, 1.807) is 12.1 Å². The van der Waals surface area contributed by atoms with Crippen molar-refractivity contribution in [1.82, 2.24) is 9.78 Å². The fourth-order valence-corrected chi connectivity index (χ4v) is 4.23. The molecule has 0 aliphatic carbocycles. The van der Waals surface area contributed by atoms with E-state index < -0.39 is 9.05 Å². The first-order chi connectivity index (χ1) is 9.75. The van der Waals surface area contributed by atoms with E-state index in [0.717, 1.165) is 0 Å². The summed E-state index contributed by atoms with van der Waals surface area (Å²) in [5, 5.41) is 4.87. The molecule has 0 radical (unpaired) electrons. The van der Waals surface area contributed by atoms with Gasteiger partial charge in [-0.3, -0.25) is 0 Å². The summed E-state index contributed by atoms with van der Waals surface area (Å²) in [4.78, 5) is -0.182. The van der Waals surface area contributed by atoms with Crippen LogP contribution in [-0.2, 0) is 15.5 Å². The Labute approximate surface area is 142 Å². The van der Waals surface area contributed by atoms with Crippen LogP contribution in [0.5, 0.6) is 0 Å². The average molecular weight is 388 g/mol. The number of hydrogen-bond donors (Lipinski definition) is 0. The van der Waals surface area contributed by atoms with Crippen LogP contribution >= 0.6 is 45.5 Å². The standard InChI is InChI=1S/C12H10Cl4N2O2S/c1-2-3-9-11(21(16,19)20)12(15)18(17-9)10-5-4-7(13)6-8(10)14/h4-6H,2-3H2,1H3. The molecule has 0 amide bonds. The highest BCUT2D eigenvalue weighted by Crippen LogP contribution is 2.33. The van der Waals surface area contributed by atoms with E-state index in [1.807, 2.05) is 6.92 Å². The highest BCUT2D eigenvalue weighted by molar-refractivity contribution is 8.13. The third-order valence-corrected chi connectivity index (χ3v) is 5.10. The molecule has 0 atom stereocenters. The lowest BCUT2D eigenvalue weighted by molar-refractivity contribution is 0.608. The molecule has 0 saturated heterocycles. The van der Waals surface area contributed by atoms with Crippen LogP contribution in [0.4, 0.5) is 0 Å². The number of aryl methyl sites for hydroxylation is 1. The van der Waals surface area contributed by atoms with Crippen molar-refractivity contribution in [3.8, 4) is 5.69 Å². The Morgan fingerprint density at radius 2 is 1.90 bits per heavy atom. The minimum Gasteiger partial charge on any atom is -0.219 e. The Morgan fingerprint density at radius 1 is 1.24 bits per heavy atom. The van der Waals surface area contributed by atoms with E-state index in [-0.39, 0.29) is 10.0 Å². The summed E-state index contributed by atoms with van der Waals surface area (Å²) >= 11 is 18.1. The SMILES string of the molecule is CCCc1nn(-c2ccc(Cl)cc2Cl)c(Cl)c1S(=O)(=O)Cl. The van der Waals surface area contributed by atoms with Gasteiger partial charge in [-0.25, -0.2) is 13.1 Å². The lowest BCUT2D eigenvalue weighted by atomic mass is 10.2. The van der Waals surface area contributed by atoms with Gasteiger partial charge >= 0.3 is 0 Å². The summed E-state index contributed by atoms with van der Waals surface area (Å²) in [7, 11) is 1.44. The Hall–Kier alpha value is -0.460. The Kier molecular flexibility index (Phi) is 5.11. The van der Waals surface area contributed by atoms with Gasteiger partial charge in [-0.1, -0.05) is 48.1 Å². The quantitative estimate of drug-likeness (QED) is 0.713. The van der Waals surface area contributed by atoms with Crippen LogP contribution in [0.1, 0.15) is 19.0 Å². The number of benzene rings is 1. The van der Waals surface area contributed by atoms with Crippen LogP contribution < -0.4 is 0 Å². The second-order valence-electron chi connectivity index (χ2n) is 4.26. The number of hydrogen-bond acceptors (Lipinski definition) is 3. The van der Waals surface area contributed by atoms with Crippen molar-refractivity contribution < 1.29 is 8.42 Å². The maximum atomic E-state index is 11.7. The molecule has 1 aromatic carbocycles. The molecule has 9 heteroatoms. The predicted molar refractivity (Wildman–Crippen MR) is 85.6 cm³/mol. The van der Waals surface area contributed by atoms with Crippen molar-refractivity contribution in [2.24, 2.45) is 0 Å². The number of nitrogens with zero attached hydrogens (tertiary/aromatic N) is 2. The molecule has 0 unspecified atom stereocenters. The van der Waals surface area contributed by atoms with Crippen LogP contribution in [0.15, 0.2) is 23.1 Å². The molecule has 0 spiro atoms. The average Bonchev–Trinajstić information content (AvgIpc) is 2.66. The summed E-state index contributed by atoms with van der Waals surface area (Å²) in [6.45, 7) is 1.90. The minimum absolute atomic E-state index is 0.0994. The largest absolute Gasteiger partial charge is 0.266 e. The lowest BCUT2D eigenvalue weighted by Crippen LogP contribution is -1.98. The van der Waals surface area contributed by atoms with Gasteiger partial charge in [0.1, 0.15) is 4.90 Å². The summed E-state index contributed by atoms with van der Waals surface area (Å²) in [6, 6.07) is 4.73. The molecule has 0 aliphatic rings. The summed E-state index contributed by atoms with van der Waals surface area (Å²) in [6.07, 6.45) is 1.13. The van der Waals surface area contributed by atoms with Gasteiger partial charge in [-0.15, -0.1) is 0 Å². The second kappa shape index (κ2) is 6.34. The first kappa shape index (κ1) is 16.9. The zero-order valence-electron chi connectivity index (χ0n) is 10.8. The summed E-state index contributed by atoms with van der Waals surface area (Å²) < 4.78 is 24.7. The van der Waals surface area contributed by atoms with Crippen molar-refractivity contribution >= 4 is 54.5 Å².